The van der Waals surface area contributed by atoms with E-state index in [0.717, 1.165) is 28.2 Å². The van der Waals surface area contributed by atoms with Gasteiger partial charge in [-0.1, -0.05) is 11.6 Å². The molecule has 0 N–H and O–H groups in total. The van der Waals surface area contributed by atoms with Gasteiger partial charge in [0.2, 0.25) is 0 Å². The highest BCUT2D eigenvalue weighted by Crippen LogP contribution is 2.35. The van der Waals surface area contributed by atoms with Crippen LogP contribution in [-0.2, 0) is 11.2 Å². The predicted molar refractivity (Wildman–Crippen MR) is 69.4 cm³/mol. The number of aryl methyl sites for hydroxylation is 1. The summed E-state index contributed by atoms with van der Waals surface area (Å²) in [4.78, 5) is 12.6. The number of aldehydes is 1. The molecule has 0 bridgehead atoms. The fraction of sp³-hybridized carbons (Fsp3) is 0.364. The van der Waals surface area contributed by atoms with Crippen LogP contribution in [0.5, 0.6) is 0 Å². The molecule has 1 nitrogen and oxygen atoms in total. The normalized spacial score (nSPS) is 10.3. The van der Waals surface area contributed by atoms with Crippen LogP contribution in [0.2, 0.25) is 5.02 Å². The van der Waals surface area contributed by atoms with Gasteiger partial charge in [-0.2, -0.15) is 0 Å². The second kappa shape index (κ2) is 6.46. The Morgan fingerprint density at radius 2 is 2.07 bits per heavy atom. The van der Waals surface area contributed by atoms with E-state index in [2.05, 4.69) is 6.07 Å². The Labute approximate surface area is 104 Å². The van der Waals surface area contributed by atoms with Crippen LogP contribution in [0.1, 0.15) is 12.0 Å². The molecule has 0 aliphatic heterocycles. The van der Waals surface area contributed by atoms with Gasteiger partial charge in [-0.3, -0.25) is 0 Å². The van der Waals surface area contributed by atoms with Gasteiger partial charge in [-0.25, -0.2) is 0 Å². The summed E-state index contributed by atoms with van der Waals surface area (Å²) in [6.07, 6.45) is 6.32. The lowest BCUT2D eigenvalue weighted by molar-refractivity contribution is -0.107. The van der Waals surface area contributed by atoms with Crippen LogP contribution < -0.4 is 0 Å². The number of thioether (sulfide) groups is 2. The van der Waals surface area contributed by atoms with E-state index in [0.29, 0.717) is 6.42 Å². The molecule has 82 valence electrons. The molecule has 1 aromatic rings. The Morgan fingerprint density at radius 1 is 1.33 bits per heavy atom. The number of hydrogen-bond acceptors (Lipinski definition) is 3. The molecule has 0 unspecified atom stereocenters. The number of carbonyl (C=O) groups excluding carboxylic acids is 1. The first-order valence-corrected chi connectivity index (χ1v) is 7.39. The van der Waals surface area contributed by atoms with E-state index < -0.39 is 0 Å². The average molecular weight is 261 g/mol. The van der Waals surface area contributed by atoms with E-state index >= 15 is 0 Å². The van der Waals surface area contributed by atoms with Crippen molar-refractivity contribution < 1.29 is 4.79 Å². The van der Waals surface area contributed by atoms with Crippen molar-refractivity contribution >= 4 is 41.4 Å². The predicted octanol–water partition coefficient (Wildman–Crippen LogP) is 3.92. The number of rotatable bonds is 5. The van der Waals surface area contributed by atoms with Crippen LogP contribution in [0.4, 0.5) is 0 Å². The Bertz CT molecular complexity index is 353. The summed E-state index contributed by atoms with van der Waals surface area (Å²) in [6, 6.07) is 4.07. The SMILES string of the molecule is CSc1cc(CCC=O)cc(Cl)c1SC. The molecule has 0 amide bonds. The molecule has 0 saturated heterocycles. The van der Waals surface area contributed by atoms with Gasteiger partial charge in [-0.05, 0) is 36.6 Å². The fourth-order valence-electron chi connectivity index (χ4n) is 1.34. The van der Waals surface area contributed by atoms with Crippen molar-refractivity contribution in [3.05, 3.63) is 22.7 Å². The molecule has 0 atom stereocenters. The zero-order chi connectivity index (χ0) is 11.3. The molecule has 0 aliphatic rings. The van der Waals surface area contributed by atoms with E-state index in [-0.39, 0.29) is 0 Å². The van der Waals surface area contributed by atoms with Gasteiger partial charge >= 0.3 is 0 Å². The number of benzene rings is 1. The molecule has 0 heterocycles. The molecular weight excluding hydrogens is 248 g/mol. The highest BCUT2D eigenvalue weighted by atomic mass is 35.5. The van der Waals surface area contributed by atoms with Crippen molar-refractivity contribution in [2.45, 2.75) is 22.6 Å². The molecule has 0 radical (unpaired) electrons. The molecule has 0 aromatic heterocycles. The third-order valence-corrected chi connectivity index (χ3v) is 4.19. The van der Waals surface area contributed by atoms with Crippen molar-refractivity contribution in [1.82, 2.24) is 0 Å². The van der Waals surface area contributed by atoms with E-state index in [1.807, 2.05) is 18.6 Å². The molecular formula is C11H13ClOS2. The van der Waals surface area contributed by atoms with Gasteiger partial charge in [-0.15, -0.1) is 23.5 Å². The van der Waals surface area contributed by atoms with Crippen LogP contribution in [0, 0.1) is 0 Å². The summed E-state index contributed by atoms with van der Waals surface area (Å²) in [6.45, 7) is 0. The first kappa shape index (κ1) is 12.9. The average Bonchev–Trinajstić information content (AvgIpc) is 2.25. The molecule has 1 rings (SSSR count). The van der Waals surface area contributed by atoms with E-state index in [1.165, 1.54) is 4.90 Å². The topological polar surface area (TPSA) is 17.1 Å². The maximum Gasteiger partial charge on any atom is 0.120 e. The minimum atomic E-state index is 0.558. The second-order valence-corrected chi connectivity index (χ2v) is 5.09. The van der Waals surface area contributed by atoms with Crippen LogP contribution in [-0.4, -0.2) is 18.8 Å². The molecule has 4 heteroatoms. The molecule has 0 aliphatic carbocycles. The lowest BCUT2D eigenvalue weighted by Gasteiger charge is -2.09. The fourth-order valence-corrected chi connectivity index (χ4v) is 3.45. The second-order valence-electron chi connectivity index (χ2n) is 3.02. The maximum atomic E-state index is 10.3. The third kappa shape index (κ3) is 3.44. The molecule has 0 spiro atoms. The Balaban J connectivity index is 3.02. The lowest BCUT2D eigenvalue weighted by atomic mass is 10.1. The quantitative estimate of drug-likeness (QED) is 0.590. The molecule has 15 heavy (non-hydrogen) atoms. The van der Waals surface area contributed by atoms with Crippen molar-refractivity contribution in [3.63, 3.8) is 0 Å². The zero-order valence-corrected chi connectivity index (χ0v) is 11.1. The minimum Gasteiger partial charge on any atom is -0.303 e. The Morgan fingerprint density at radius 3 is 2.60 bits per heavy atom. The van der Waals surface area contributed by atoms with E-state index in [4.69, 9.17) is 11.6 Å². The Hall–Kier alpha value is -0.120. The van der Waals surface area contributed by atoms with Gasteiger partial charge in [0.25, 0.3) is 0 Å². The summed E-state index contributed by atoms with van der Waals surface area (Å²) in [5, 5.41) is 0.787. The summed E-state index contributed by atoms with van der Waals surface area (Å²) in [5.74, 6) is 0. The highest BCUT2D eigenvalue weighted by molar-refractivity contribution is 8.01. The smallest absolute Gasteiger partial charge is 0.120 e. The number of hydrogen-bond donors (Lipinski definition) is 0. The molecule has 1 aromatic carbocycles. The molecule has 0 fully saturated rings. The zero-order valence-electron chi connectivity index (χ0n) is 8.75. The summed E-state index contributed by atoms with van der Waals surface area (Å²) < 4.78 is 0. The molecule has 0 saturated carbocycles. The van der Waals surface area contributed by atoms with Gasteiger partial charge in [0.1, 0.15) is 6.29 Å². The third-order valence-electron chi connectivity index (χ3n) is 2.04. The standard InChI is InChI=1S/C11H13ClOS2/c1-14-10-7-8(4-3-5-13)6-9(12)11(10)15-2/h5-7H,3-4H2,1-2H3. The summed E-state index contributed by atoms with van der Waals surface area (Å²) >= 11 is 9.51. The van der Waals surface area contributed by atoms with Gasteiger partial charge < -0.3 is 4.79 Å². The Kier molecular flexibility index (Phi) is 5.58. The van der Waals surface area contributed by atoms with Crippen molar-refractivity contribution in [2.75, 3.05) is 12.5 Å². The first-order valence-electron chi connectivity index (χ1n) is 4.57. The largest absolute Gasteiger partial charge is 0.303 e. The van der Waals surface area contributed by atoms with E-state index in [1.54, 1.807) is 23.5 Å². The van der Waals surface area contributed by atoms with Crippen LogP contribution in [0.25, 0.3) is 0 Å². The van der Waals surface area contributed by atoms with Gasteiger partial charge in [0, 0.05) is 16.2 Å². The van der Waals surface area contributed by atoms with Gasteiger partial charge in [0.15, 0.2) is 0 Å². The van der Waals surface area contributed by atoms with Crippen molar-refractivity contribution in [2.24, 2.45) is 0 Å². The number of carbonyl (C=O) groups is 1. The monoisotopic (exact) mass is 260 g/mol. The maximum absolute atomic E-state index is 10.3. The van der Waals surface area contributed by atoms with Crippen molar-refractivity contribution in [1.29, 1.82) is 0 Å². The first-order chi connectivity index (χ1) is 7.22. The van der Waals surface area contributed by atoms with Crippen LogP contribution in [0.15, 0.2) is 21.9 Å². The minimum absolute atomic E-state index is 0.558. The lowest BCUT2D eigenvalue weighted by Crippen LogP contribution is -1.89. The van der Waals surface area contributed by atoms with Crippen LogP contribution in [0.3, 0.4) is 0 Å². The van der Waals surface area contributed by atoms with E-state index in [9.17, 15) is 4.79 Å². The van der Waals surface area contributed by atoms with Crippen molar-refractivity contribution in [3.8, 4) is 0 Å². The summed E-state index contributed by atoms with van der Waals surface area (Å²) in [7, 11) is 0. The van der Waals surface area contributed by atoms with Gasteiger partial charge in [0.05, 0.1) is 5.02 Å². The highest BCUT2D eigenvalue weighted by Gasteiger charge is 2.07. The van der Waals surface area contributed by atoms with Crippen LogP contribution >= 0.6 is 35.1 Å². The summed E-state index contributed by atoms with van der Waals surface area (Å²) in [5.41, 5.74) is 1.13. The number of halogens is 1.